The van der Waals surface area contributed by atoms with E-state index in [0.29, 0.717) is 0 Å². The Morgan fingerprint density at radius 2 is 2.08 bits per heavy atom. The molecular formula is C9H5F2NO. The van der Waals surface area contributed by atoms with Crippen LogP contribution in [-0.2, 0) is 0 Å². The van der Waals surface area contributed by atoms with Crippen LogP contribution < -0.4 is 0 Å². The summed E-state index contributed by atoms with van der Waals surface area (Å²) in [5.74, 6) is -2.01. The van der Waals surface area contributed by atoms with Crippen molar-refractivity contribution in [1.29, 1.82) is 5.26 Å². The van der Waals surface area contributed by atoms with Gasteiger partial charge in [-0.2, -0.15) is 5.26 Å². The van der Waals surface area contributed by atoms with Gasteiger partial charge in [-0.1, -0.05) is 0 Å². The summed E-state index contributed by atoms with van der Waals surface area (Å²) in [4.78, 5) is 10.3. The van der Waals surface area contributed by atoms with Gasteiger partial charge < -0.3 is 0 Å². The zero-order valence-electron chi connectivity index (χ0n) is 6.77. The summed E-state index contributed by atoms with van der Waals surface area (Å²) >= 11 is 0. The summed E-state index contributed by atoms with van der Waals surface area (Å²) in [6, 6.07) is 2.44. The van der Waals surface area contributed by atoms with Gasteiger partial charge in [0, 0.05) is 0 Å². The Labute approximate surface area is 73.4 Å². The molecule has 0 unspecified atom stereocenters. The number of aryl methyl sites for hydroxylation is 1. The second-order valence-electron chi connectivity index (χ2n) is 2.52. The number of benzene rings is 1. The van der Waals surface area contributed by atoms with E-state index in [-0.39, 0.29) is 17.4 Å². The van der Waals surface area contributed by atoms with E-state index >= 15 is 0 Å². The molecule has 0 saturated heterocycles. The number of nitrogens with zero attached hydrogens (tertiary/aromatic N) is 1. The summed E-state index contributed by atoms with van der Waals surface area (Å²) in [5, 5.41) is 8.40. The predicted octanol–water partition coefficient (Wildman–Crippen LogP) is 1.96. The second kappa shape index (κ2) is 3.31. The number of aldehydes is 1. The average molecular weight is 181 g/mol. The van der Waals surface area contributed by atoms with E-state index in [1.54, 1.807) is 0 Å². The standard InChI is InChI=1S/C9H5F2NO/c1-5-2-6(4-13)9(11)7(3-12)8(5)10/h2,4H,1H3. The number of nitriles is 1. The molecule has 0 bridgehead atoms. The molecule has 0 aliphatic carbocycles. The monoisotopic (exact) mass is 181 g/mol. The Balaban J connectivity index is 3.59. The smallest absolute Gasteiger partial charge is 0.154 e. The van der Waals surface area contributed by atoms with Crippen LogP contribution in [-0.4, -0.2) is 6.29 Å². The van der Waals surface area contributed by atoms with Crippen molar-refractivity contribution in [2.24, 2.45) is 0 Å². The second-order valence-corrected chi connectivity index (χ2v) is 2.52. The molecule has 0 aliphatic heterocycles. The van der Waals surface area contributed by atoms with Crippen molar-refractivity contribution in [3.63, 3.8) is 0 Å². The molecule has 0 atom stereocenters. The molecular weight excluding hydrogens is 176 g/mol. The number of rotatable bonds is 1. The lowest BCUT2D eigenvalue weighted by molar-refractivity contribution is 0.111. The number of carbonyl (C=O) groups excluding carboxylic acids is 1. The minimum atomic E-state index is -1.10. The van der Waals surface area contributed by atoms with E-state index < -0.39 is 17.2 Å². The molecule has 1 aromatic carbocycles. The first kappa shape index (κ1) is 9.33. The van der Waals surface area contributed by atoms with Gasteiger partial charge in [0.1, 0.15) is 17.4 Å². The molecule has 0 heterocycles. The van der Waals surface area contributed by atoms with E-state index in [2.05, 4.69) is 0 Å². The van der Waals surface area contributed by atoms with Crippen LogP contribution in [0.1, 0.15) is 21.5 Å². The van der Waals surface area contributed by atoms with Gasteiger partial charge in [0.2, 0.25) is 0 Å². The first-order valence-corrected chi connectivity index (χ1v) is 3.45. The van der Waals surface area contributed by atoms with Crippen molar-refractivity contribution in [2.75, 3.05) is 0 Å². The van der Waals surface area contributed by atoms with Crippen molar-refractivity contribution in [3.8, 4) is 6.07 Å². The molecule has 1 rings (SSSR count). The van der Waals surface area contributed by atoms with Gasteiger partial charge in [0.15, 0.2) is 12.1 Å². The minimum absolute atomic E-state index is 0.0834. The van der Waals surface area contributed by atoms with Crippen LogP contribution in [0.2, 0.25) is 0 Å². The van der Waals surface area contributed by atoms with Crippen molar-refractivity contribution in [1.82, 2.24) is 0 Å². The molecule has 4 heteroatoms. The Bertz CT molecular complexity index is 407. The quantitative estimate of drug-likeness (QED) is 0.621. The highest BCUT2D eigenvalue weighted by Gasteiger charge is 2.15. The lowest BCUT2D eigenvalue weighted by Gasteiger charge is -2.01. The molecule has 0 saturated carbocycles. The van der Waals surface area contributed by atoms with E-state index in [1.165, 1.54) is 13.0 Å². The molecule has 0 fully saturated rings. The Morgan fingerprint density at radius 1 is 1.46 bits per heavy atom. The summed E-state index contributed by atoms with van der Waals surface area (Å²) < 4.78 is 26.0. The highest BCUT2D eigenvalue weighted by atomic mass is 19.1. The third-order valence-corrected chi connectivity index (χ3v) is 1.65. The summed E-state index contributed by atoms with van der Waals surface area (Å²) in [6.07, 6.45) is 0.253. The molecule has 66 valence electrons. The van der Waals surface area contributed by atoms with Gasteiger partial charge >= 0.3 is 0 Å². The van der Waals surface area contributed by atoms with Crippen LogP contribution >= 0.6 is 0 Å². The van der Waals surface area contributed by atoms with Gasteiger partial charge in [-0.05, 0) is 18.6 Å². The third kappa shape index (κ3) is 1.41. The fourth-order valence-corrected chi connectivity index (χ4v) is 0.982. The normalized spacial score (nSPS) is 9.38. The number of hydrogen-bond acceptors (Lipinski definition) is 2. The van der Waals surface area contributed by atoms with Crippen LogP contribution in [0, 0.1) is 29.9 Å². The highest BCUT2D eigenvalue weighted by Crippen LogP contribution is 2.18. The maximum atomic E-state index is 13.0. The molecule has 0 amide bonds. The zero-order chi connectivity index (χ0) is 10.0. The van der Waals surface area contributed by atoms with Gasteiger partial charge in [-0.25, -0.2) is 8.78 Å². The topological polar surface area (TPSA) is 40.9 Å². The van der Waals surface area contributed by atoms with Gasteiger partial charge in [0.25, 0.3) is 0 Å². The molecule has 2 nitrogen and oxygen atoms in total. The van der Waals surface area contributed by atoms with E-state index in [1.807, 2.05) is 0 Å². The van der Waals surface area contributed by atoms with E-state index in [4.69, 9.17) is 5.26 Å². The molecule has 0 spiro atoms. The molecule has 13 heavy (non-hydrogen) atoms. The van der Waals surface area contributed by atoms with Crippen LogP contribution in [0.15, 0.2) is 6.07 Å². The molecule has 0 aromatic heterocycles. The first-order chi connectivity index (χ1) is 6.11. The number of carbonyl (C=O) groups is 1. The average Bonchev–Trinajstić information content (AvgIpc) is 2.12. The SMILES string of the molecule is Cc1cc(C=O)c(F)c(C#N)c1F. The third-order valence-electron chi connectivity index (χ3n) is 1.65. The lowest BCUT2D eigenvalue weighted by Crippen LogP contribution is -1.99. The maximum absolute atomic E-state index is 13.0. The van der Waals surface area contributed by atoms with Crippen LogP contribution in [0.25, 0.3) is 0 Å². The molecule has 1 aromatic rings. The van der Waals surface area contributed by atoms with E-state index in [0.717, 1.165) is 6.07 Å². The summed E-state index contributed by atoms with van der Waals surface area (Å²) in [6.45, 7) is 1.36. The predicted molar refractivity (Wildman–Crippen MR) is 41.2 cm³/mol. The summed E-state index contributed by atoms with van der Waals surface area (Å²) in [7, 11) is 0. The highest BCUT2D eigenvalue weighted by molar-refractivity contribution is 5.76. The van der Waals surface area contributed by atoms with Crippen molar-refractivity contribution < 1.29 is 13.6 Å². The molecule has 0 N–H and O–H groups in total. The number of hydrogen-bond donors (Lipinski definition) is 0. The van der Waals surface area contributed by atoms with Crippen molar-refractivity contribution in [2.45, 2.75) is 6.92 Å². The Morgan fingerprint density at radius 3 is 2.54 bits per heavy atom. The fraction of sp³-hybridized carbons (Fsp3) is 0.111. The zero-order valence-corrected chi connectivity index (χ0v) is 6.77. The Kier molecular flexibility index (Phi) is 2.38. The maximum Gasteiger partial charge on any atom is 0.154 e. The van der Waals surface area contributed by atoms with Crippen molar-refractivity contribution >= 4 is 6.29 Å². The number of halogens is 2. The Hall–Kier alpha value is -1.76. The minimum Gasteiger partial charge on any atom is -0.298 e. The van der Waals surface area contributed by atoms with Crippen LogP contribution in [0.5, 0.6) is 0 Å². The first-order valence-electron chi connectivity index (χ1n) is 3.45. The lowest BCUT2D eigenvalue weighted by atomic mass is 10.1. The van der Waals surface area contributed by atoms with Crippen LogP contribution in [0.3, 0.4) is 0 Å². The molecule has 0 aliphatic rings. The summed E-state index contributed by atoms with van der Waals surface area (Å²) in [5.41, 5.74) is -0.919. The largest absolute Gasteiger partial charge is 0.298 e. The van der Waals surface area contributed by atoms with Gasteiger partial charge in [0.05, 0.1) is 5.56 Å². The van der Waals surface area contributed by atoms with Gasteiger partial charge in [-0.15, -0.1) is 0 Å². The van der Waals surface area contributed by atoms with E-state index in [9.17, 15) is 13.6 Å². The fourth-order valence-electron chi connectivity index (χ4n) is 0.982. The van der Waals surface area contributed by atoms with Crippen molar-refractivity contribution in [3.05, 3.63) is 34.4 Å². The molecule has 0 radical (unpaired) electrons. The van der Waals surface area contributed by atoms with Gasteiger partial charge in [-0.3, -0.25) is 4.79 Å². The van der Waals surface area contributed by atoms with Crippen LogP contribution in [0.4, 0.5) is 8.78 Å².